The first-order valence-corrected chi connectivity index (χ1v) is 5.40. The first kappa shape index (κ1) is 9.06. The van der Waals surface area contributed by atoms with E-state index >= 15 is 0 Å². The van der Waals surface area contributed by atoms with Crippen LogP contribution < -0.4 is 4.74 Å². The SMILES string of the molecule is Cn1c(Br)cnc1OC1CCCC1. The number of aromatic nitrogens is 2. The molecule has 2 rings (SSSR count). The quantitative estimate of drug-likeness (QED) is 0.800. The van der Waals surface area contributed by atoms with Crippen LogP contribution in [0.3, 0.4) is 0 Å². The fourth-order valence-corrected chi connectivity index (χ4v) is 1.89. The van der Waals surface area contributed by atoms with Gasteiger partial charge < -0.3 is 4.74 Å². The molecule has 0 bridgehead atoms. The molecule has 0 amide bonds. The van der Waals surface area contributed by atoms with Gasteiger partial charge in [0.05, 0.1) is 6.20 Å². The highest BCUT2D eigenvalue weighted by Crippen LogP contribution is 2.24. The van der Waals surface area contributed by atoms with Crippen molar-refractivity contribution in [1.29, 1.82) is 0 Å². The van der Waals surface area contributed by atoms with Crippen molar-refractivity contribution in [3.05, 3.63) is 10.8 Å². The van der Waals surface area contributed by atoms with E-state index in [4.69, 9.17) is 4.74 Å². The Morgan fingerprint density at radius 3 is 2.77 bits per heavy atom. The van der Waals surface area contributed by atoms with Gasteiger partial charge in [-0.25, -0.2) is 4.98 Å². The van der Waals surface area contributed by atoms with E-state index in [1.165, 1.54) is 25.7 Å². The van der Waals surface area contributed by atoms with Crippen LogP contribution in [0.15, 0.2) is 10.8 Å². The molecule has 1 heterocycles. The highest BCUT2D eigenvalue weighted by molar-refractivity contribution is 9.10. The molecular formula is C9H13BrN2O. The predicted molar refractivity (Wildman–Crippen MR) is 53.8 cm³/mol. The van der Waals surface area contributed by atoms with E-state index in [0.29, 0.717) is 6.10 Å². The van der Waals surface area contributed by atoms with Crippen molar-refractivity contribution in [2.75, 3.05) is 0 Å². The molecule has 1 aliphatic rings. The van der Waals surface area contributed by atoms with Gasteiger partial charge in [-0.3, -0.25) is 4.57 Å². The van der Waals surface area contributed by atoms with Crippen LogP contribution in [-0.4, -0.2) is 15.7 Å². The molecule has 1 aromatic heterocycles. The summed E-state index contributed by atoms with van der Waals surface area (Å²) in [5, 5.41) is 0. The van der Waals surface area contributed by atoms with Crippen molar-refractivity contribution in [3.8, 4) is 6.01 Å². The number of nitrogens with zero attached hydrogens (tertiary/aromatic N) is 2. The standard InChI is InChI=1S/C9H13BrN2O/c1-12-8(10)6-11-9(12)13-7-4-2-3-5-7/h6-7H,2-5H2,1H3. The maximum absolute atomic E-state index is 5.75. The van der Waals surface area contributed by atoms with E-state index in [1.54, 1.807) is 6.20 Å². The largest absolute Gasteiger partial charge is 0.461 e. The molecule has 4 heteroatoms. The predicted octanol–water partition coefficient (Wildman–Crippen LogP) is 2.50. The van der Waals surface area contributed by atoms with E-state index < -0.39 is 0 Å². The van der Waals surface area contributed by atoms with Crippen LogP contribution in [0.4, 0.5) is 0 Å². The number of halogens is 1. The Morgan fingerprint density at radius 2 is 2.23 bits per heavy atom. The maximum atomic E-state index is 5.75. The molecule has 0 atom stereocenters. The lowest BCUT2D eigenvalue weighted by Crippen LogP contribution is -2.13. The van der Waals surface area contributed by atoms with Crippen LogP contribution in [0.5, 0.6) is 6.01 Å². The molecule has 1 fully saturated rings. The molecule has 0 unspecified atom stereocenters. The molecule has 3 nitrogen and oxygen atoms in total. The second-order valence-corrected chi connectivity index (χ2v) is 4.26. The van der Waals surface area contributed by atoms with Crippen molar-refractivity contribution in [1.82, 2.24) is 9.55 Å². The number of hydrogen-bond donors (Lipinski definition) is 0. The lowest BCUT2D eigenvalue weighted by atomic mass is 10.3. The van der Waals surface area contributed by atoms with Gasteiger partial charge >= 0.3 is 0 Å². The molecule has 1 aliphatic carbocycles. The summed E-state index contributed by atoms with van der Waals surface area (Å²) in [4.78, 5) is 4.17. The second-order valence-electron chi connectivity index (χ2n) is 3.45. The minimum absolute atomic E-state index is 0.382. The molecule has 0 aromatic carbocycles. The van der Waals surface area contributed by atoms with Crippen molar-refractivity contribution >= 4 is 15.9 Å². The van der Waals surface area contributed by atoms with Crippen molar-refractivity contribution in [2.45, 2.75) is 31.8 Å². The Hall–Kier alpha value is -0.510. The van der Waals surface area contributed by atoms with Gasteiger partial charge in [0.25, 0.3) is 6.01 Å². The summed E-state index contributed by atoms with van der Waals surface area (Å²) >= 11 is 3.39. The molecule has 0 radical (unpaired) electrons. The lowest BCUT2D eigenvalue weighted by Gasteiger charge is -2.11. The van der Waals surface area contributed by atoms with Crippen molar-refractivity contribution in [3.63, 3.8) is 0 Å². The van der Waals surface area contributed by atoms with Gasteiger partial charge in [0.1, 0.15) is 10.7 Å². The van der Waals surface area contributed by atoms with Gasteiger partial charge in [-0.15, -0.1) is 0 Å². The molecule has 0 N–H and O–H groups in total. The van der Waals surface area contributed by atoms with Crippen LogP contribution in [0.2, 0.25) is 0 Å². The molecular weight excluding hydrogens is 232 g/mol. The van der Waals surface area contributed by atoms with Gasteiger partial charge in [0.2, 0.25) is 0 Å². The van der Waals surface area contributed by atoms with E-state index in [9.17, 15) is 0 Å². The van der Waals surface area contributed by atoms with E-state index in [2.05, 4.69) is 20.9 Å². The Labute approximate surface area is 86.2 Å². The van der Waals surface area contributed by atoms with Gasteiger partial charge in [-0.05, 0) is 41.6 Å². The third kappa shape index (κ3) is 1.88. The maximum Gasteiger partial charge on any atom is 0.297 e. The van der Waals surface area contributed by atoms with Crippen LogP contribution in [0.1, 0.15) is 25.7 Å². The van der Waals surface area contributed by atoms with Gasteiger partial charge in [-0.1, -0.05) is 0 Å². The number of hydrogen-bond acceptors (Lipinski definition) is 2. The molecule has 1 saturated carbocycles. The molecule has 72 valence electrons. The zero-order valence-electron chi connectivity index (χ0n) is 7.66. The van der Waals surface area contributed by atoms with E-state index in [0.717, 1.165) is 10.6 Å². The minimum Gasteiger partial charge on any atom is -0.461 e. The summed E-state index contributed by atoms with van der Waals surface area (Å²) in [5.74, 6) is 0. The lowest BCUT2D eigenvalue weighted by molar-refractivity contribution is 0.186. The first-order valence-electron chi connectivity index (χ1n) is 4.61. The molecule has 1 aromatic rings. The summed E-state index contributed by atoms with van der Waals surface area (Å²) in [6.07, 6.45) is 7.07. The third-order valence-electron chi connectivity index (χ3n) is 2.46. The van der Waals surface area contributed by atoms with E-state index in [1.807, 2.05) is 11.6 Å². The number of imidazole rings is 1. The fraction of sp³-hybridized carbons (Fsp3) is 0.667. The van der Waals surface area contributed by atoms with E-state index in [-0.39, 0.29) is 0 Å². The summed E-state index contributed by atoms with van der Waals surface area (Å²) in [7, 11) is 1.95. The van der Waals surface area contributed by atoms with Gasteiger partial charge in [0.15, 0.2) is 0 Å². The van der Waals surface area contributed by atoms with Gasteiger partial charge in [-0.2, -0.15) is 0 Å². The summed E-state index contributed by atoms with van der Waals surface area (Å²) in [6, 6.07) is 0.721. The smallest absolute Gasteiger partial charge is 0.297 e. The van der Waals surface area contributed by atoms with Crippen LogP contribution >= 0.6 is 15.9 Å². The Morgan fingerprint density at radius 1 is 1.54 bits per heavy atom. The van der Waals surface area contributed by atoms with Crippen LogP contribution in [0.25, 0.3) is 0 Å². The Bertz CT molecular complexity index is 292. The second kappa shape index (κ2) is 3.70. The minimum atomic E-state index is 0.382. The van der Waals surface area contributed by atoms with Crippen LogP contribution in [-0.2, 0) is 7.05 Å². The zero-order chi connectivity index (χ0) is 9.26. The zero-order valence-corrected chi connectivity index (χ0v) is 9.25. The molecule has 0 aliphatic heterocycles. The highest BCUT2D eigenvalue weighted by Gasteiger charge is 2.18. The normalized spacial score (nSPS) is 18.0. The number of ether oxygens (including phenoxy) is 1. The fourth-order valence-electron chi connectivity index (χ4n) is 1.64. The summed E-state index contributed by atoms with van der Waals surface area (Å²) in [6.45, 7) is 0. The number of rotatable bonds is 2. The van der Waals surface area contributed by atoms with Crippen LogP contribution in [0, 0.1) is 0 Å². The topological polar surface area (TPSA) is 27.1 Å². The monoisotopic (exact) mass is 244 g/mol. The molecule has 0 spiro atoms. The summed E-state index contributed by atoms with van der Waals surface area (Å²) < 4.78 is 8.62. The highest BCUT2D eigenvalue weighted by atomic mass is 79.9. The average molecular weight is 245 g/mol. The average Bonchev–Trinajstić information content (AvgIpc) is 2.71. The Balaban J connectivity index is 2.04. The van der Waals surface area contributed by atoms with Crippen molar-refractivity contribution < 1.29 is 4.74 Å². The first-order chi connectivity index (χ1) is 6.27. The van der Waals surface area contributed by atoms with Crippen molar-refractivity contribution in [2.24, 2.45) is 7.05 Å². The Kier molecular flexibility index (Phi) is 2.58. The summed E-state index contributed by atoms with van der Waals surface area (Å²) in [5.41, 5.74) is 0. The third-order valence-corrected chi connectivity index (χ3v) is 3.20. The molecule has 0 saturated heterocycles. The van der Waals surface area contributed by atoms with Gasteiger partial charge in [0, 0.05) is 7.05 Å². The molecule has 13 heavy (non-hydrogen) atoms.